The van der Waals surface area contributed by atoms with Gasteiger partial charge in [0.1, 0.15) is 5.82 Å². The van der Waals surface area contributed by atoms with Gasteiger partial charge in [0, 0.05) is 29.2 Å². The van der Waals surface area contributed by atoms with Gasteiger partial charge in [-0.25, -0.2) is 4.39 Å². The summed E-state index contributed by atoms with van der Waals surface area (Å²) in [6.07, 6.45) is 0.715. The van der Waals surface area contributed by atoms with Crippen LogP contribution in [0.15, 0.2) is 54.9 Å². The molecule has 9 heteroatoms. The van der Waals surface area contributed by atoms with E-state index in [-0.39, 0.29) is 35.3 Å². The number of nitrogens with zero attached hydrogens (tertiary/aromatic N) is 1. The number of hydrogen-bond acceptors (Lipinski definition) is 3. The van der Waals surface area contributed by atoms with Crippen LogP contribution in [0, 0.1) is 18.7 Å². The highest BCUT2D eigenvalue weighted by Crippen LogP contribution is 2.40. The number of aromatic nitrogens is 1. The third-order valence-electron chi connectivity index (χ3n) is 7.53. The largest absolute Gasteiger partial charge is 0.481 e. The molecule has 39 heavy (non-hydrogen) atoms. The second-order valence-electron chi connectivity index (χ2n) is 10.2. The van der Waals surface area contributed by atoms with E-state index in [1.807, 2.05) is 19.9 Å². The average Bonchev–Trinajstić information content (AvgIpc) is 3.39. The van der Waals surface area contributed by atoms with Crippen molar-refractivity contribution in [2.24, 2.45) is 5.92 Å². The number of rotatable bonds is 8. The topological polar surface area (TPSA) is 79.3 Å². The summed E-state index contributed by atoms with van der Waals surface area (Å²) in [5.41, 5.74) is 1.60. The zero-order valence-corrected chi connectivity index (χ0v) is 21.7. The van der Waals surface area contributed by atoms with Crippen LogP contribution in [0.4, 0.5) is 23.2 Å². The van der Waals surface area contributed by atoms with Crippen molar-refractivity contribution in [3.8, 4) is 11.1 Å². The second kappa shape index (κ2) is 11.6. The number of benzene rings is 2. The second-order valence-corrected chi connectivity index (χ2v) is 10.2. The number of anilines is 1. The SMILES string of the molecule is Cc1c(NC(=O)[C@H](c2ccc(-c3cncc(C(F)(F)F)c3)c(F)c2)C2CCCC2)cccc1[C@H](C)CC(=O)O. The van der Waals surface area contributed by atoms with Gasteiger partial charge in [-0.2, -0.15) is 13.2 Å². The maximum absolute atomic E-state index is 15.3. The number of nitrogens with one attached hydrogen (secondary N) is 1. The molecule has 2 aromatic carbocycles. The van der Waals surface area contributed by atoms with Crippen LogP contribution >= 0.6 is 0 Å². The smallest absolute Gasteiger partial charge is 0.417 e. The first-order chi connectivity index (χ1) is 18.5. The summed E-state index contributed by atoms with van der Waals surface area (Å²) in [5, 5.41) is 12.2. The Morgan fingerprint density at radius 2 is 1.82 bits per heavy atom. The highest BCUT2D eigenvalue weighted by Gasteiger charge is 2.34. The molecule has 3 aromatic rings. The number of carbonyl (C=O) groups excluding carboxylic acids is 1. The third-order valence-corrected chi connectivity index (χ3v) is 7.53. The van der Waals surface area contributed by atoms with Crippen molar-refractivity contribution in [2.45, 2.75) is 64.0 Å². The molecule has 1 aliphatic rings. The van der Waals surface area contributed by atoms with E-state index >= 15 is 4.39 Å². The summed E-state index contributed by atoms with van der Waals surface area (Å²) < 4.78 is 54.8. The molecule has 0 radical (unpaired) electrons. The molecule has 5 nitrogen and oxygen atoms in total. The van der Waals surface area contributed by atoms with Gasteiger partial charge in [-0.05, 0) is 66.5 Å². The summed E-state index contributed by atoms with van der Waals surface area (Å²) >= 11 is 0. The maximum Gasteiger partial charge on any atom is 0.417 e. The predicted octanol–water partition coefficient (Wildman–Crippen LogP) is 7.71. The Morgan fingerprint density at radius 3 is 2.46 bits per heavy atom. The van der Waals surface area contributed by atoms with Crippen molar-refractivity contribution in [1.82, 2.24) is 4.98 Å². The fourth-order valence-electron chi connectivity index (χ4n) is 5.53. The van der Waals surface area contributed by atoms with E-state index in [2.05, 4.69) is 10.3 Å². The van der Waals surface area contributed by atoms with Gasteiger partial charge in [0.05, 0.1) is 17.9 Å². The van der Waals surface area contributed by atoms with E-state index in [1.165, 1.54) is 18.3 Å². The Hall–Kier alpha value is -3.75. The fraction of sp³-hybridized carbons (Fsp3) is 0.367. The Morgan fingerprint density at radius 1 is 1.10 bits per heavy atom. The van der Waals surface area contributed by atoms with E-state index < -0.39 is 29.4 Å². The Kier molecular flexibility index (Phi) is 8.37. The highest BCUT2D eigenvalue weighted by atomic mass is 19.4. The standard InChI is InChI=1S/C30H30F4N2O3/c1-17(12-27(37)38)23-8-5-9-26(18(23)2)36-29(39)28(19-6-3-4-7-19)20-10-11-24(25(31)14-20)21-13-22(16-35-15-21)30(32,33)34/h5,8-11,13-17,19,28H,3-4,6-7,12H2,1-2H3,(H,36,39)(H,37,38)/t17-,28+/m1/s1. The number of alkyl halides is 3. The Labute approximate surface area is 224 Å². The van der Waals surface area contributed by atoms with Crippen molar-refractivity contribution in [1.29, 1.82) is 0 Å². The monoisotopic (exact) mass is 542 g/mol. The molecule has 2 N–H and O–H groups in total. The Balaban J connectivity index is 1.64. The molecular formula is C30H30F4N2O3. The quantitative estimate of drug-likeness (QED) is 0.286. The predicted molar refractivity (Wildman–Crippen MR) is 140 cm³/mol. The lowest BCUT2D eigenvalue weighted by Crippen LogP contribution is -2.27. The minimum absolute atomic E-state index is 0.00124. The molecule has 2 atom stereocenters. The molecule has 1 aromatic heterocycles. The normalized spacial score (nSPS) is 15.6. The van der Waals surface area contributed by atoms with E-state index in [0.29, 0.717) is 17.4 Å². The number of halogens is 4. The van der Waals surface area contributed by atoms with Crippen molar-refractivity contribution in [2.75, 3.05) is 5.32 Å². The molecule has 0 bridgehead atoms. The summed E-state index contributed by atoms with van der Waals surface area (Å²) in [5.74, 6) is -2.87. The first-order valence-corrected chi connectivity index (χ1v) is 12.9. The van der Waals surface area contributed by atoms with Crippen LogP contribution in [-0.2, 0) is 15.8 Å². The molecule has 0 aliphatic heterocycles. The van der Waals surface area contributed by atoms with Crippen LogP contribution in [0.2, 0.25) is 0 Å². The Bertz CT molecular complexity index is 1370. The van der Waals surface area contributed by atoms with E-state index in [0.717, 1.165) is 42.9 Å². The van der Waals surface area contributed by atoms with Crippen molar-refractivity contribution < 1.29 is 32.3 Å². The maximum atomic E-state index is 15.3. The summed E-state index contributed by atoms with van der Waals surface area (Å²) in [4.78, 5) is 28.5. The van der Waals surface area contributed by atoms with E-state index in [1.54, 1.807) is 18.2 Å². The van der Waals surface area contributed by atoms with Crippen LogP contribution in [0.3, 0.4) is 0 Å². The number of amides is 1. The number of pyridine rings is 1. The summed E-state index contributed by atoms with van der Waals surface area (Å²) in [7, 11) is 0. The summed E-state index contributed by atoms with van der Waals surface area (Å²) in [6.45, 7) is 3.64. The molecule has 1 heterocycles. The van der Waals surface area contributed by atoms with Gasteiger partial charge in [-0.1, -0.05) is 44.0 Å². The van der Waals surface area contributed by atoms with Gasteiger partial charge in [-0.3, -0.25) is 14.6 Å². The number of carbonyl (C=O) groups is 2. The van der Waals surface area contributed by atoms with Crippen molar-refractivity contribution in [3.05, 3.63) is 82.9 Å². The van der Waals surface area contributed by atoms with Gasteiger partial charge in [0.15, 0.2) is 0 Å². The van der Waals surface area contributed by atoms with E-state index in [4.69, 9.17) is 0 Å². The van der Waals surface area contributed by atoms with Crippen LogP contribution in [0.5, 0.6) is 0 Å². The number of carboxylic acid groups (broad SMARTS) is 1. The molecule has 1 fully saturated rings. The van der Waals surface area contributed by atoms with Crippen LogP contribution in [-0.4, -0.2) is 22.0 Å². The lowest BCUT2D eigenvalue weighted by atomic mass is 9.83. The zero-order chi connectivity index (χ0) is 28.3. The molecule has 1 aliphatic carbocycles. The van der Waals surface area contributed by atoms with Crippen LogP contribution in [0.1, 0.15) is 73.1 Å². The summed E-state index contributed by atoms with van der Waals surface area (Å²) in [6, 6.07) is 10.4. The minimum atomic E-state index is -4.61. The van der Waals surface area contributed by atoms with Crippen LogP contribution < -0.4 is 5.32 Å². The lowest BCUT2D eigenvalue weighted by molar-refractivity contribution is -0.138. The van der Waals surface area contributed by atoms with Gasteiger partial charge >= 0.3 is 12.1 Å². The lowest BCUT2D eigenvalue weighted by Gasteiger charge is -2.25. The molecule has 1 saturated carbocycles. The van der Waals surface area contributed by atoms with Crippen molar-refractivity contribution in [3.63, 3.8) is 0 Å². The molecule has 0 spiro atoms. The molecule has 206 valence electrons. The van der Waals surface area contributed by atoms with Gasteiger partial charge in [0.2, 0.25) is 5.91 Å². The molecule has 4 rings (SSSR count). The minimum Gasteiger partial charge on any atom is -0.481 e. The average molecular weight is 543 g/mol. The van der Waals surface area contributed by atoms with E-state index in [9.17, 15) is 27.9 Å². The molecule has 1 amide bonds. The molecule has 0 unspecified atom stereocenters. The van der Waals surface area contributed by atoms with Gasteiger partial charge in [0.25, 0.3) is 0 Å². The first-order valence-electron chi connectivity index (χ1n) is 12.9. The third kappa shape index (κ3) is 6.46. The van der Waals surface area contributed by atoms with Gasteiger partial charge in [-0.15, -0.1) is 0 Å². The van der Waals surface area contributed by atoms with Gasteiger partial charge < -0.3 is 10.4 Å². The molecular weight excluding hydrogens is 512 g/mol. The number of aliphatic carboxylic acids is 1. The first kappa shape index (κ1) is 28.3. The zero-order valence-electron chi connectivity index (χ0n) is 21.7. The van der Waals surface area contributed by atoms with Crippen LogP contribution in [0.25, 0.3) is 11.1 Å². The molecule has 0 saturated heterocycles. The van der Waals surface area contributed by atoms with Crippen molar-refractivity contribution >= 4 is 17.6 Å². The highest BCUT2D eigenvalue weighted by molar-refractivity contribution is 5.97. The number of hydrogen-bond donors (Lipinski definition) is 2. The fourth-order valence-corrected chi connectivity index (χ4v) is 5.53. The number of carboxylic acids is 1.